The van der Waals surface area contributed by atoms with E-state index in [1.54, 1.807) is 24.3 Å². The average Bonchev–Trinajstić information content (AvgIpc) is 3.09. The number of ether oxygens (including phenoxy) is 2. The third kappa shape index (κ3) is 3.49. The number of benzene rings is 2. The molecule has 156 valence electrons. The van der Waals surface area contributed by atoms with Crippen LogP contribution in [-0.4, -0.2) is 49.5 Å². The third-order valence-electron chi connectivity index (χ3n) is 4.86. The van der Waals surface area contributed by atoms with Crippen molar-refractivity contribution in [3.63, 3.8) is 0 Å². The maximum Gasteiger partial charge on any atom is 0.325 e. The summed E-state index contributed by atoms with van der Waals surface area (Å²) in [6.07, 6.45) is 0. The van der Waals surface area contributed by atoms with E-state index in [-0.39, 0.29) is 17.4 Å². The molecule has 0 amide bonds. The lowest BCUT2D eigenvalue weighted by molar-refractivity contribution is -0.137. The molecule has 0 saturated carbocycles. The van der Waals surface area contributed by atoms with E-state index >= 15 is 0 Å². The Hall–Kier alpha value is -3.75. The lowest BCUT2D eigenvalue weighted by Crippen LogP contribution is -2.15. The maximum absolute atomic E-state index is 11.4. The van der Waals surface area contributed by atoms with Crippen LogP contribution in [0, 0.1) is 0 Å². The second-order valence-corrected chi connectivity index (χ2v) is 7.28. The van der Waals surface area contributed by atoms with E-state index in [0.29, 0.717) is 52.8 Å². The van der Waals surface area contributed by atoms with E-state index in [0.717, 1.165) is 0 Å². The molecule has 2 aromatic carbocycles. The summed E-state index contributed by atoms with van der Waals surface area (Å²) in [4.78, 5) is 11.4. The molecule has 1 aliphatic rings. The summed E-state index contributed by atoms with van der Waals surface area (Å²) in [5.41, 5.74) is 2.29. The Labute approximate surface area is 172 Å². The van der Waals surface area contributed by atoms with Gasteiger partial charge in [0, 0.05) is 17.2 Å². The van der Waals surface area contributed by atoms with E-state index in [2.05, 4.69) is 10.3 Å². The standard InChI is InChI=1S/C21H21N3O6/c1-11(2)13-8-14(16(26)9-15(13)25)20-21(24(23-22-20)10-19(27)28)12-3-4-17-18(7-12)30-6-5-29-17/h3-4,7-9,11,25-26H,5-6,10H2,1-2H3,(H,27,28). The van der Waals surface area contributed by atoms with Gasteiger partial charge < -0.3 is 24.8 Å². The normalized spacial score (nSPS) is 12.9. The first-order valence-electron chi connectivity index (χ1n) is 9.46. The van der Waals surface area contributed by atoms with Crippen molar-refractivity contribution in [3.8, 4) is 45.5 Å². The topological polar surface area (TPSA) is 127 Å². The van der Waals surface area contributed by atoms with E-state index in [9.17, 15) is 20.1 Å². The molecule has 4 rings (SSSR count). The largest absolute Gasteiger partial charge is 0.508 e. The highest BCUT2D eigenvalue weighted by Crippen LogP contribution is 2.42. The molecule has 1 aromatic heterocycles. The predicted octanol–water partition coefficient (Wildman–Crippen LogP) is 3.00. The van der Waals surface area contributed by atoms with E-state index in [1.807, 2.05) is 13.8 Å². The number of nitrogens with zero attached hydrogens (tertiary/aromatic N) is 3. The Morgan fingerprint density at radius 3 is 2.53 bits per heavy atom. The zero-order valence-electron chi connectivity index (χ0n) is 16.5. The van der Waals surface area contributed by atoms with Crippen LogP contribution in [0.3, 0.4) is 0 Å². The molecule has 0 spiro atoms. The van der Waals surface area contributed by atoms with Crippen molar-refractivity contribution >= 4 is 5.97 Å². The Morgan fingerprint density at radius 2 is 1.83 bits per heavy atom. The lowest BCUT2D eigenvalue weighted by Gasteiger charge is -2.19. The molecule has 0 saturated heterocycles. The van der Waals surface area contributed by atoms with Crippen LogP contribution < -0.4 is 9.47 Å². The maximum atomic E-state index is 11.4. The predicted molar refractivity (Wildman–Crippen MR) is 107 cm³/mol. The molecule has 0 unspecified atom stereocenters. The number of aliphatic carboxylic acids is 1. The Morgan fingerprint density at radius 1 is 1.10 bits per heavy atom. The SMILES string of the molecule is CC(C)c1cc(-c2nnn(CC(=O)O)c2-c2ccc3c(c2)OCCO3)c(O)cc1O. The van der Waals surface area contributed by atoms with Gasteiger partial charge in [0.25, 0.3) is 0 Å². The number of carbonyl (C=O) groups is 1. The number of hydrogen-bond acceptors (Lipinski definition) is 7. The van der Waals surface area contributed by atoms with Crippen LogP contribution >= 0.6 is 0 Å². The summed E-state index contributed by atoms with van der Waals surface area (Å²) in [7, 11) is 0. The van der Waals surface area contributed by atoms with Gasteiger partial charge in [-0.3, -0.25) is 4.79 Å². The highest BCUT2D eigenvalue weighted by Gasteiger charge is 2.24. The number of phenols is 2. The molecule has 1 aliphatic heterocycles. The number of hydrogen-bond donors (Lipinski definition) is 3. The van der Waals surface area contributed by atoms with E-state index < -0.39 is 12.5 Å². The molecule has 0 atom stereocenters. The van der Waals surface area contributed by atoms with Crippen molar-refractivity contribution in [1.29, 1.82) is 0 Å². The van der Waals surface area contributed by atoms with Gasteiger partial charge >= 0.3 is 5.97 Å². The molecular formula is C21H21N3O6. The van der Waals surface area contributed by atoms with E-state index in [1.165, 1.54) is 10.7 Å². The smallest absolute Gasteiger partial charge is 0.325 e. The molecule has 0 radical (unpaired) electrons. The second kappa shape index (κ2) is 7.58. The van der Waals surface area contributed by atoms with Gasteiger partial charge in [0.1, 0.15) is 37.0 Å². The molecule has 9 heteroatoms. The minimum absolute atomic E-state index is 0.00356. The highest BCUT2D eigenvalue weighted by molar-refractivity contribution is 5.83. The van der Waals surface area contributed by atoms with Crippen LogP contribution in [0.2, 0.25) is 0 Å². The zero-order valence-corrected chi connectivity index (χ0v) is 16.5. The second-order valence-electron chi connectivity index (χ2n) is 7.28. The van der Waals surface area contributed by atoms with Gasteiger partial charge in [0.15, 0.2) is 11.5 Å². The minimum Gasteiger partial charge on any atom is -0.508 e. The van der Waals surface area contributed by atoms with Gasteiger partial charge in [0.2, 0.25) is 0 Å². The first-order chi connectivity index (χ1) is 14.3. The van der Waals surface area contributed by atoms with Crippen molar-refractivity contribution < 1.29 is 29.6 Å². The minimum atomic E-state index is -1.08. The summed E-state index contributed by atoms with van der Waals surface area (Å²) < 4.78 is 12.5. The monoisotopic (exact) mass is 411 g/mol. The van der Waals surface area contributed by atoms with Gasteiger partial charge in [-0.05, 0) is 35.7 Å². The number of aromatic nitrogens is 3. The highest BCUT2D eigenvalue weighted by atomic mass is 16.6. The van der Waals surface area contributed by atoms with Crippen molar-refractivity contribution in [3.05, 3.63) is 35.9 Å². The van der Waals surface area contributed by atoms with Crippen molar-refractivity contribution in [2.24, 2.45) is 0 Å². The van der Waals surface area contributed by atoms with Gasteiger partial charge in [-0.15, -0.1) is 5.10 Å². The summed E-state index contributed by atoms with van der Waals surface area (Å²) >= 11 is 0. The lowest BCUT2D eigenvalue weighted by atomic mass is 9.96. The molecule has 0 fully saturated rings. The summed E-state index contributed by atoms with van der Waals surface area (Å²) in [6.45, 7) is 4.28. The van der Waals surface area contributed by atoms with Crippen LogP contribution in [0.4, 0.5) is 0 Å². The van der Waals surface area contributed by atoms with Gasteiger partial charge in [0.05, 0.1) is 5.69 Å². The van der Waals surface area contributed by atoms with Crippen molar-refractivity contribution in [2.45, 2.75) is 26.3 Å². The quantitative estimate of drug-likeness (QED) is 0.585. The molecule has 0 bridgehead atoms. The summed E-state index contributed by atoms with van der Waals surface area (Å²) in [5.74, 6) is -0.161. The van der Waals surface area contributed by atoms with Crippen molar-refractivity contribution in [2.75, 3.05) is 13.2 Å². The zero-order chi connectivity index (χ0) is 21.4. The Balaban J connectivity index is 1.92. The van der Waals surface area contributed by atoms with Crippen LogP contribution in [0.15, 0.2) is 30.3 Å². The summed E-state index contributed by atoms with van der Waals surface area (Å²) in [6, 6.07) is 8.13. The van der Waals surface area contributed by atoms with Gasteiger partial charge in [-0.1, -0.05) is 19.1 Å². The van der Waals surface area contributed by atoms with Crippen LogP contribution in [0.1, 0.15) is 25.3 Å². The van der Waals surface area contributed by atoms with Crippen LogP contribution in [0.5, 0.6) is 23.0 Å². The first kappa shape index (κ1) is 19.6. The molecule has 30 heavy (non-hydrogen) atoms. The fraction of sp³-hybridized carbons (Fsp3) is 0.286. The number of phenolic OH excluding ortho intramolecular Hbond substituents is 2. The Bertz CT molecular complexity index is 1120. The van der Waals surface area contributed by atoms with Gasteiger partial charge in [-0.2, -0.15) is 0 Å². The van der Waals surface area contributed by atoms with Gasteiger partial charge in [-0.25, -0.2) is 4.68 Å². The average molecular weight is 411 g/mol. The molecule has 3 N–H and O–H groups in total. The fourth-order valence-corrected chi connectivity index (χ4v) is 3.46. The number of carboxylic acids is 1. The van der Waals surface area contributed by atoms with E-state index in [4.69, 9.17) is 9.47 Å². The molecule has 0 aliphatic carbocycles. The number of aromatic hydroxyl groups is 2. The van der Waals surface area contributed by atoms with Crippen molar-refractivity contribution in [1.82, 2.24) is 15.0 Å². The first-order valence-corrected chi connectivity index (χ1v) is 9.46. The van der Waals surface area contributed by atoms with Crippen LogP contribution in [0.25, 0.3) is 22.5 Å². The number of carboxylic acid groups (broad SMARTS) is 1. The number of rotatable bonds is 5. The Kier molecular flexibility index (Phi) is 4.94. The molecule has 3 aromatic rings. The molecule has 2 heterocycles. The van der Waals surface area contributed by atoms with Crippen LogP contribution in [-0.2, 0) is 11.3 Å². The summed E-state index contributed by atoms with van der Waals surface area (Å²) in [5, 5.41) is 38.1. The third-order valence-corrected chi connectivity index (χ3v) is 4.86. The molecule has 9 nitrogen and oxygen atoms in total. The number of fused-ring (bicyclic) bond motifs is 1. The molecular weight excluding hydrogens is 390 g/mol. The fourth-order valence-electron chi connectivity index (χ4n) is 3.46.